The molecule has 3 aromatic carbocycles. The molecule has 1 amide bonds. The highest BCUT2D eigenvalue weighted by Gasteiger charge is 2.34. The Balaban J connectivity index is 1.50. The van der Waals surface area contributed by atoms with Crippen LogP contribution in [0.3, 0.4) is 0 Å². The topological polar surface area (TPSA) is 81.1 Å². The Morgan fingerprint density at radius 1 is 1.10 bits per heavy atom. The summed E-state index contributed by atoms with van der Waals surface area (Å²) in [5.74, 6) is 1.77. The van der Waals surface area contributed by atoms with Crippen LogP contribution in [0.25, 0.3) is 0 Å². The molecule has 0 aliphatic carbocycles. The molecule has 1 aromatic heterocycles. The molecule has 0 spiro atoms. The van der Waals surface area contributed by atoms with Gasteiger partial charge in [-0.2, -0.15) is 4.98 Å². The average molecular weight is 574 g/mol. The highest BCUT2D eigenvalue weighted by atomic mass is 35.5. The van der Waals surface area contributed by atoms with Crippen LogP contribution < -0.4 is 15.4 Å². The van der Waals surface area contributed by atoms with Gasteiger partial charge in [-0.3, -0.25) is 4.79 Å². The molecule has 206 valence electrons. The molecule has 1 atom stereocenters. The van der Waals surface area contributed by atoms with E-state index in [1.807, 2.05) is 95.3 Å². The number of carbonyl (C=O) groups is 1. The number of rotatable bonds is 8. The lowest BCUT2D eigenvalue weighted by atomic mass is 9.94. The van der Waals surface area contributed by atoms with Crippen LogP contribution in [-0.4, -0.2) is 26.8 Å². The number of anilines is 2. The molecular weight excluding hydrogens is 542 g/mol. The van der Waals surface area contributed by atoms with Gasteiger partial charge in [-0.1, -0.05) is 71.4 Å². The molecule has 4 aromatic rings. The normalized spacial score (nSPS) is 14.6. The van der Waals surface area contributed by atoms with E-state index in [-0.39, 0.29) is 12.0 Å². The van der Waals surface area contributed by atoms with E-state index in [1.54, 1.807) is 4.68 Å². The fraction of sp³-hybridized carbons (Fsp3) is 0.258. The average Bonchev–Trinajstić information content (AvgIpc) is 3.31. The van der Waals surface area contributed by atoms with Gasteiger partial charge in [0, 0.05) is 22.2 Å². The number of allylic oxidation sites excluding steroid dienone is 1. The smallest absolute Gasteiger partial charge is 0.255 e. The minimum Gasteiger partial charge on any atom is -0.491 e. The zero-order valence-electron chi connectivity index (χ0n) is 23.2. The Kier molecular flexibility index (Phi) is 8.19. The third kappa shape index (κ3) is 6.03. The van der Waals surface area contributed by atoms with Crippen molar-refractivity contribution in [3.8, 4) is 5.75 Å². The lowest BCUT2D eigenvalue weighted by molar-refractivity contribution is -0.113. The lowest BCUT2D eigenvalue weighted by Gasteiger charge is -2.29. The highest BCUT2D eigenvalue weighted by molar-refractivity contribution is 7.98. The molecule has 2 heterocycles. The van der Waals surface area contributed by atoms with Crippen molar-refractivity contribution < 1.29 is 9.53 Å². The highest BCUT2D eigenvalue weighted by Crippen LogP contribution is 2.38. The molecule has 1 aliphatic rings. The van der Waals surface area contributed by atoms with Crippen molar-refractivity contribution in [1.82, 2.24) is 14.8 Å². The summed E-state index contributed by atoms with van der Waals surface area (Å²) in [5.41, 5.74) is 6.11. The summed E-state index contributed by atoms with van der Waals surface area (Å²) in [5, 5.41) is 12.6. The van der Waals surface area contributed by atoms with Crippen LogP contribution >= 0.6 is 23.4 Å². The SMILES string of the molecule is CC1=C(C(=O)Nc2ccc(C)cc2C)C(c2ccc(OC(C)C)cc2)n2nc(SCc3ccccc3Cl)nc2N1. The number of nitrogens with one attached hydrogen (secondary N) is 2. The maximum atomic E-state index is 13.9. The van der Waals surface area contributed by atoms with Crippen LogP contribution in [0.4, 0.5) is 11.6 Å². The number of aryl methyl sites for hydroxylation is 2. The summed E-state index contributed by atoms with van der Waals surface area (Å²) in [6.45, 7) is 9.91. The molecule has 0 saturated carbocycles. The fourth-order valence-corrected chi connectivity index (χ4v) is 5.81. The van der Waals surface area contributed by atoms with E-state index in [2.05, 4.69) is 16.7 Å². The Bertz CT molecular complexity index is 1580. The molecule has 0 saturated heterocycles. The van der Waals surface area contributed by atoms with Crippen LogP contribution in [-0.2, 0) is 10.5 Å². The minimum absolute atomic E-state index is 0.0607. The van der Waals surface area contributed by atoms with Crippen LogP contribution in [0.5, 0.6) is 5.75 Å². The first-order chi connectivity index (χ1) is 19.2. The largest absolute Gasteiger partial charge is 0.491 e. The number of amides is 1. The van der Waals surface area contributed by atoms with Crippen molar-refractivity contribution >= 4 is 40.9 Å². The maximum absolute atomic E-state index is 13.9. The predicted molar refractivity (Wildman–Crippen MR) is 162 cm³/mol. The van der Waals surface area contributed by atoms with Crippen LogP contribution in [0.15, 0.2) is 83.2 Å². The number of benzene rings is 3. The van der Waals surface area contributed by atoms with E-state index in [4.69, 9.17) is 26.4 Å². The van der Waals surface area contributed by atoms with Crippen LogP contribution in [0, 0.1) is 13.8 Å². The monoisotopic (exact) mass is 573 g/mol. The Labute approximate surface area is 244 Å². The Morgan fingerprint density at radius 3 is 2.55 bits per heavy atom. The number of fused-ring (bicyclic) bond motifs is 1. The third-order valence-corrected chi connectivity index (χ3v) is 7.85. The molecule has 1 unspecified atom stereocenters. The van der Waals surface area contributed by atoms with E-state index in [1.165, 1.54) is 11.8 Å². The van der Waals surface area contributed by atoms with Crippen molar-refractivity contribution in [3.05, 3.63) is 105 Å². The van der Waals surface area contributed by atoms with Crippen molar-refractivity contribution in [2.75, 3.05) is 10.6 Å². The molecule has 40 heavy (non-hydrogen) atoms. The van der Waals surface area contributed by atoms with E-state index < -0.39 is 6.04 Å². The van der Waals surface area contributed by atoms with E-state index in [0.29, 0.717) is 27.5 Å². The van der Waals surface area contributed by atoms with Crippen molar-refractivity contribution in [2.45, 2.75) is 57.7 Å². The quantitative estimate of drug-likeness (QED) is 0.212. The van der Waals surface area contributed by atoms with Gasteiger partial charge in [0.2, 0.25) is 11.1 Å². The van der Waals surface area contributed by atoms with Gasteiger partial charge in [-0.15, -0.1) is 5.10 Å². The lowest BCUT2D eigenvalue weighted by Crippen LogP contribution is -2.31. The molecular formula is C31H32ClN5O2S. The Hall–Kier alpha value is -3.75. The number of carbonyl (C=O) groups excluding carboxylic acids is 1. The molecule has 0 radical (unpaired) electrons. The zero-order chi connectivity index (χ0) is 28.4. The molecule has 9 heteroatoms. The van der Waals surface area contributed by atoms with E-state index in [0.717, 1.165) is 39.4 Å². The summed E-state index contributed by atoms with van der Waals surface area (Å²) < 4.78 is 7.65. The minimum atomic E-state index is -0.489. The number of halogens is 1. The maximum Gasteiger partial charge on any atom is 0.255 e. The molecule has 0 bridgehead atoms. The number of hydrogen-bond donors (Lipinski definition) is 2. The number of thioether (sulfide) groups is 1. The number of hydrogen-bond acceptors (Lipinski definition) is 6. The first kappa shape index (κ1) is 27.8. The standard InChI is InChI=1S/C31H32ClN5O2S/c1-18(2)39-24-13-11-22(12-14-24)28-27(29(38)34-26-15-10-19(3)16-20(26)4)21(5)33-30-35-31(36-37(28)30)40-17-23-8-6-7-9-25(23)32/h6-16,18,28H,17H2,1-5H3,(H,34,38)(H,33,35,36). The van der Waals surface area contributed by atoms with Gasteiger partial charge in [0.1, 0.15) is 11.8 Å². The number of aromatic nitrogens is 3. The van der Waals surface area contributed by atoms with Crippen molar-refractivity contribution in [3.63, 3.8) is 0 Å². The van der Waals surface area contributed by atoms with Gasteiger partial charge in [-0.05, 0) is 75.6 Å². The second-order valence-corrected chi connectivity index (χ2v) is 11.5. The van der Waals surface area contributed by atoms with Gasteiger partial charge < -0.3 is 15.4 Å². The molecule has 5 rings (SSSR count). The third-order valence-electron chi connectivity index (χ3n) is 6.59. The first-order valence-corrected chi connectivity index (χ1v) is 14.5. The van der Waals surface area contributed by atoms with Crippen molar-refractivity contribution in [2.24, 2.45) is 0 Å². The summed E-state index contributed by atoms with van der Waals surface area (Å²) in [6, 6.07) is 21.1. The van der Waals surface area contributed by atoms with Gasteiger partial charge in [0.25, 0.3) is 5.91 Å². The zero-order valence-corrected chi connectivity index (χ0v) is 24.7. The summed E-state index contributed by atoms with van der Waals surface area (Å²) in [6.07, 6.45) is 0.0607. The van der Waals surface area contributed by atoms with Crippen molar-refractivity contribution in [1.29, 1.82) is 0 Å². The van der Waals surface area contributed by atoms with Gasteiger partial charge in [0.15, 0.2) is 0 Å². The van der Waals surface area contributed by atoms with E-state index in [9.17, 15) is 4.79 Å². The van der Waals surface area contributed by atoms with E-state index >= 15 is 0 Å². The summed E-state index contributed by atoms with van der Waals surface area (Å²) in [4.78, 5) is 18.6. The van der Waals surface area contributed by atoms with Crippen LogP contribution in [0.2, 0.25) is 5.02 Å². The summed E-state index contributed by atoms with van der Waals surface area (Å²) >= 11 is 7.86. The van der Waals surface area contributed by atoms with Gasteiger partial charge >= 0.3 is 0 Å². The second kappa shape index (κ2) is 11.8. The number of nitrogens with zero attached hydrogens (tertiary/aromatic N) is 3. The summed E-state index contributed by atoms with van der Waals surface area (Å²) in [7, 11) is 0. The van der Waals surface area contributed by atoms with Gasteiger partial charge in [0.05, 0.1) is 11.7 Å². The number of ether oxygens (including phenoxy) is 1. The Morgan fingerprint density at radius 2 is 1.85 bits per heavy atom. The first-order valence-electron chi connectivity index (χ1n) is 13.2. The van der Waals surface area contributed by atoms with Crippen LogP contribution in [0.1, 0.15) is 49.1 Å². The second-order valence-electron chi connectivity index (χ2n) is 10.1. The molecule has 1 aliphatic heterocycles. The molecule has 2 N–H and O–H groups in total. The van der Waals surface area contributed by atoms with Gasteiger partial charge in [-0.25, -0.2) is 4.68 Å². The predicted octanol–water partition coefficient (Wildman–Crippen LogP) is 7.56. The fourth-order valence-electron chi connectivity index (χ4n) is 4.70. The molecule has 7 nitrogen and oxygen atoms in total. The molecule has 0 fully saturated rings.